The number of alkyl halides is 6. The van der Waals surface area contributed by atoms with Gasteiger partial charge in [0.2, 0.25) is 0 Å². The Hall–Kier alpha value is 0.220. The Labute approximate surface area is 88.2 Å². The Morgan fingerprint density at radius 1 is 1.14 bits per heavy atom. The highest BCUT2D eigenvalue weighted by molar-refractivity contribution is 14.1. The first-order chi connectivity index (χ1) is 6.00. The van der Waals surface area contributed by atoms with Crippen molar-refractivity contribution in [2.75, 3.05) is 0 Å². The smallest absolute Gasteiger partial charge is 0.203 e. The second-order valence-electron chi connectivity index (χ2n) is 1.96. The molecule has 0 radical (unpaired) electrons. The Kier molecular flexibility index (Phi) is 4.06. The van der Waals surface area contributed by atoms with Gasteiger partial charge in [-0.15, -0.1) is 0 Å². The topological polar surface area (TPSA) is 43.4 Å². The van der Waals surface area contributed by atoms with Crippen LogP contribution in [0, 0.1) is 0 Å². The Morgan fingerprint density at radius 2 is 1.50 bits per heavy atom. The average molecular weight is 358 g/mol. The van der Waals surface area contributed by atoms with Crippen LogP contribution in [0.1, 0.15) is 0 Å². The summed E-state index contributed by atoms with van der Waals surface area (Å²) >= 11 is 0.373. The molecule has 0 saturated carbocycles. The van der Waals surface area contributed by atoms with E-state index in [1.54, 1.807) is 0 Å². The van der Waals surface area contributed by atoms with Crippen molar-refractivity contribution in [2.45, 2.75) is 17.6 Å². The maximum Gasteiger partial charge on any atom is 0.438 e. The zero-order chi connectivity index (χ0) is 11.8. The van der Waals surface area contributed by atoms with Gasteiger partial charge in [-0.3, -0.25) is 0 Å². The zero-order valence-electron chi connectivity index (χ0n) is 5.86. The number of hydrogen-bond acceptors (Lipinski definition) is 3. The molecule has 0 heterocycles. The van der Waals surface area contributed by atoms with Crippen LogP contribution in [0.25, 0.3) is 0 Å². The molecule has 0 fully saturated rings. The van der Waals surface area contributed by atoms with E-state index in [1.165, 1.54) is 0 Å². The van der Waals surface area contributed by atoms with Crippen molar-refractivity contribution in [1.29, 1.82) is 0 Å². The third-order valence-electron chi connectivity index (χ3n) is 1.06. The standard InChI is InChI=1S/C3HF6IO3S/c4-1(5)2(6,7)3(8,9)14(11,12)13-10/h1H. The van der Waals surface area contributed by atoms with Gasteiger partial charge in [0, 0.05) is 0 Å². The molecular weight excluding hydrogens is 357 g/mol. The second-order valence-corrected chi connectivity index (χ2v) is 4.58. The molecule has 11 heteroatoms. The molecule has 14 heavy (non-hydrogen) atoms. The van der Waals surface area contributed by atoms with Crippen molar-refractivity contribution < 1.29 is 37.3 Å². The van der Waals surface area contributed by atoms with Gasteiger partial charge in [0.1, 0.15) is 23.0 Å². The summed E-state index contributed by atoms with van der Waals surface area (Å²) in [4.78, 5) is 0. The maximum absolute atomic E-state index is 12.3. The van der Waals surface area contributed by atoms with Gasteiger partial charge in [-0.1, -0.05) is 0 Å². The van der Waals surface area contributed by atoms with Crippen LogP contribution in [0.4, 0.5) is 26.3 Å². The molecule has 0 N–H and O–H groups in total. The predicted molar refractivity (Wildman–Crippen MR) is 39.9 cm³/mol. The fraction of sp³-hybridized carbons (Fsp3) is 1.00. The maximum atomic E-state index is 12.3. The van der Waals surface area contributed by atoms with Crippen LogP contribution in [-0.4, -0.2) is 26.0 Å². The SMILES string of the molecule is O=S(=O)(OI)C(F)(F)C(F)(F)C(F)F. The largest absolute Gasteiger partial charge is 0.438 e. The molecular formula is C3HF6IO3S. The lowest BCUT2D eigenvalue weighted by Gasteiger charge is -2.23. The fourth-order valence-electron chi connectivity index (χ4n) is 0.333. The van der Waals surface area contributed by atoms with Gasteiger partial charge in [-0.25, -0.2) is 8.78 Å². The van der Waals surface area contributed by atoms with Crippen molar-refractivity contribution in [2.24, 2.45) is 0 Å². The lowest BCUT2D eigenvalue weighted by molar-refractivity contribution is -0.226. The van der Waals surface area contributed by atoms with Gasteiger partial charge < -0.3 is 0 Å². The van der Waals surface area contributed by atoms with E-state index >= 15 is 0 Å². The van der Waals surface area contributed by atoms with Crippen LogP contribution in [-0.2, 0) is 12.6 Å². The molecule has 0 aliphatic rings. The molecule has 0 amide bonds. The van der Waals surface area contributed by atoms with Gasteiger partial charge in [0.05, 0.1) is 0 Å². The van der Waals surface area contributed by atoms with Crippen molar-refractivity contribution >= 4 is 33.1 Å². The van der Waals surface area contributed by atoms with E-state index < -0.39 is 27.7 Å². The van der Waals surface area contributed by atoms with E-state index in [0.717, 1.165) is 0 Å². The summed E-state index contributed by atoms with van der Waals surface area (Å²) in [7, 11) is -6.08. The van der Waals surface area contributed by atoms with Crippen molar-refractivity contribution in [3.63, 3.8) is 0 Å². The molecule has 0 saturated heterocycles. The third-order valence-corrected chi connectivity index (χ3v) is 3.55. The molecule has 0 atom stereocenters. The monoisotopic (exact) mass is 358 g/mol. The highest BCUT2D eigenvalue weighted by atomic mass is 127. The van der Waals surface area contributed by atoms with Gasteiger partial charge in [0.25, 0.3) is 0 Å². The van der Waals surface area contributed by atoms with E-state index in [4.69, 9.17) is 0 Å². The van der Waals surface area contributed by atoms with Crippen LogP contribution < -0.4 is 0 Å². The van der Waals surface area contributed by atoms with Gasteiger partial charge >= 0.3 is 27.7 Å². The van der Waals surface area contributed by atoms with Crippen LogP contribution in [0.15, 0.2) is 0 Å². The zero-order valence-corrected chi connectivity index (χ0v) is 8.83. The summed E-state index contributed by atoms with van der Waals surface area (Å²) in [6.07, 6.45) is -4.82. The van der Waals surface area contributed by atoms with Crippen molar-refractivity contribution in [3.05, 3.63) is 0 Å². The molecule has 0 aromatic carbocycles. The van der Waals surface area contributed by atoms with E-state index in [9.17, 15) is 34.8 Å². The second kappa shape index (κ2) is 4.00. The van der Waals surface area contributed by atoms with Crippen LogP contribution >= 0.6 is 23.0 Å². The fourth-order valence-corrected chi connectivity index (χ4v) is 1.51. The molecule has 0 aromatic heterocycles. The van der Waals surface area contributed by atoms with E-state index in [-0.39, 0.29) is 0 Å². The minimum atomic E-state index is -6.08. The molecule has 0 aliphatic heterocycles. The van der Waals surface area contributed by atoms with Crippen LogP contribution in [0.3, 0.4) is 0 Å². The highest BCUT2D eigenvalue weighted by Gasteiger charge is 2.71. The van der Waals surface area contributed by atoms with Gasteiger partial charge in [-0.05, 0) is 0 Å². The summed E-state index contributed by atoms with van der Waals surface area (Å²) in [5.74, 6) is -6.00. The first-order valence-electron chi connectivity index (χ1n) is 2.59. The molecule has 0 rings (SSSR count). The Bertz CT molecular complexity index is 299. The Morgan fingerprint density at radius 3 is 1.71 bits per heavy atom. The molecule has 0 bridgehead atoms. The summed E-state index contributed by atoms with van der Waals surface area (Å²) in [5, 5.41) is -5.98. The van der Waals surface area contributed by atoms with Crippen molar-refractivity contribution in [3.8, 4) is 0 Å². The van der Waals surface area contributed by atoms with E-state index in [2.05, 4.69) is 2.51 Å². The quantitative estimate of drug-likeness (QED) is 0.572. The van der Waals surface area contributed by atoms with Gasteiger partial charge in [-0.2, -0.15) is 28.5 Å². The van der Waals surface area contributed by atoms with E-state index in [1.807, 2.05) is 0 Å². The molecule has 0 aliphatic carbocycles. The molecule has 0 unspecified atom stereocenters. The van der Waals surface area contributed by atoms with Crippen molar-refractivity contribution in [1.82, 2.24) is 0 Å². The average Bonchev–Trinajstić information content (AvgIpc) is 2.03. The molecule has 3 nitrogen and oxygen atoms in total. The summed E-state index contributed by atoms with van der Waals surface area (Å²) in [5.41, 5.74) is 0. The first kappa shape index (κ1) is 14.2. The number of halogens is 7. The lowest BCUT2D eigenvalue weighted by Crippen LogP contribution is -2.51. The number of hydrogen-bond donors (Lipinski definition) is 0. The Balaban J connectivity index is 5.37. The summed E-state index contributed by atoms with van der Waals surface area (Å²) in [6, 6.07) is 0. The molecule has 0 aromatic rings. The summed E-state index contributed by atoms with van der Waals surface area (Å²) < 4.78 is 94.9. The van der Waals surface area contributed by atoms with Crippen LogP contribution in [0.5, 0.6) is 0 Å². The highest BCUT2D eigenvalue weighted by Crippen LogP contribution is 2.43. The van der Waals surface area contributed by atoms with E-state index in [0.29, 0.717) is 23.0 Å². The minimum Gasteiger partial charge on any atom is -0.203 e. The number of rotatable bonds is 4. The third kappa shape index (κ3) is 2.08. The summed E-state index contributed by atoms with van der Waals surface area (Å²) in [6.45, 7) is 0. The predicted octanol–water partition coefficient (Wildman–Crippen LogP) is 2.18. The first-order valence-corrected chi connectivity index (χ1v) is 4.88. The normalized spacial score (nSPS) is 14.9. The molecule has 86 valence electrons. The molecule has 0 spiro atoms. The minimum absolute atomic E-state index is 0.373. The van der Waals surface area contributed by atoms with Gasteiger partial charge in [0.15, 0.2) is 0 Å². The lowest BCUT2D eigenvalue weighted by atomic mass is 10.4. The van der Waals surface area contributed by atoms with Crippen LogP contribution in [0.2, 0.25) is 0 Å².